The highest BCUT2D eigenvalue weighted by atomic mass is 32.1. The second kappa shape index (κ2) is 3.96. The number of nitrogens with one attached hydrogen (secondary N) is 3. The van der Waals surface area contributed by atoms with Crippen molar-refractivity contribution >= 4 is 23.3 Å². The molecule has 3 N–H and O–H groups in total. The summed E-state index contributed by atoms with van der Waals surface area (Å²) in [6.07, 6.45) is 0. The van der Waals surface area contributed by atoms with Crippen molar-refractivity contribution in [3.05, 3.63) is 51.2 Å². The lowest BCUT2D eigenvalue weighted by Gasteiger charge is -2.00. The van der Waals surface area contributed by atoms with Crippen molar-refractivity contribution < 1.29 is 0 Å². The molecule has 90 valence electrons. The molecule has 18 heavy (non-hydrogen) atoms. The highest BCUT2D eigenvalue weighted by Crippen LogP contribution is 2.28. The minimum Gasteiger partial charge on any atom is -0.344 e. The van der Waals surface area contributed by atoms with Gasteiger partial charge in [0.25, 0.3) is 5.56 Å². The third-order valence-electron chi connectivity index (χ3n) is 2.94. The number of H-pyrrole nitrogens is 3. The monoisotopic (exact) mass is 257 g/mol. The molecule has 5 heteroatoms. The molecular weight excluding hydrogens is 246 g/mol. The van der Waals surface area contributed by atoms with Crippen LogP contribution in [0, 0.1) is 11.7 Å². The minimum absolute atomic E-state index is 0.169. The summed E-state index contributed by atoms with van der Waals surface area (Å²) in [5, 5.41) is 0.618. The summed E-state index contributed by atoms with van der Waals surface area (Å²) in [5.41, 5.74) is 3.37. The first-order valence-corrected chi connectivity index (χ1v) is 5.98. The van der Waals surface area contributed by atoms with E-state index in [-0.39, 0.29) is 5.56 Å². The topological polar surface area (TPSA) is 64.4 Å². The molecule has 1 aromatic carbocycles. The van der Waals surface area contributed by atoms with Gasteiger partial charge in [0.15, 0.2) is 4.77 Å². The van der Waals surface area contributed by atoms with Crippen LogP contribution in [-0.2, 0) is 0 Å². The largest absolute Gasteiger partial charge is 0.344 e. The number of aromatic nitrogens is 3. The van der Waals surface area contributed by atoms with Gasteiger partial charge in [0.2, 0.25) is 0 Å². The number of aryl methyl sites for hydroxylation is 1. The number of hydrogen-bond acceptors (Lipinski definition) is 2. The summed E-state index contributed by atoms with van der Waals surface area (Å²) >= 11 is 4.97. The Labute approximate surface area is 108 Å². The van der Waals surface area contributed by atoms with Crippen LogP contribution in [0.2, 0.25) is 0 Å². The van der Waals surface area contributed by atoms with Gasteiger partial charge in [-0.2, -0.15) is 0 Å². The van der Waals surface area contributed by atoms with Crippen LogP contribution in [-0.4, -0.2) is 15.0 Å². The molecule has 0 aliphatic heterocycles. The maximum atomic E-state index is 12.0. The quantitative estimate of drug-likeness (QED) is 0.587. The van der Waals surface area contributed by atoms with Gasteiger partial charge in [0.1, 0.15) is 5.65 Å². The normalized spacial score (nSPS) is 10.9. The first-order valence-electron chi connectivity index (χ1n) is 5.57. The fourth-order valence-electron chi connectivity index (χ4n) is 2.22. The molecule has 2 aromatic heterocycles. The fourth-order valence-corrected chi connectivity index (χ4v) is 2.42. The van der Waals surface area contributed by atoms with Crippen LogP contribution < -0.4 is 5.56 Å². The molecule has 0 aliphatic carbocycles. The zero-order valence-electron chi connectivity index (χ0n) is 9.70. The van der Waals surface area contributed by atoms with E-state index in [1.165, 1.54) is 0 Å². The van der Waals surface area contributed by atoms with Gasteiger partial charge in [-0.1, -0.05) is 30.3 Å². The predicted octanol–water partition coefficient (Wildman–Crippen LogP) is 2.89. The van der Waals surface area contributed by atoms with E-state index in [9.17, 15) is 4.79 Å². The van der Waals surface area contributed by atoms with E-state index in [1.54, 1.807) is 0 Å². The van der Waals surface area contributed by atoms with Crippen molar-refractivity contribution in [1.29, 1.82) is 0 Å². The number of benzene rings is 1. The Morgan fingerprint density at radius 3 is 2.50 bits per heavy atom. The van der Waals surface area contributed by atoms with Gasteiger partial charge in [-0.25, -0.2) is 0 Å². The first-order chi connectivity index (χ1) is 8.66. The molecule has 0 radical (unpaired) electrons. The second-order valence-corrected chi connectivity index (χ2v) is 4.56. The molecule has 3 rings (SSSR count). The summed E-state index contributed by atoms with van der Waals surface area (Å²) in [4.78, 5) is 20.8. The average Bonchev–Trinajstić information content (AvgIpc) is 2.66. The summed E-state index contributed by atoms with van der Waals surface area (Å²) in [6.45, 7) is 1.94. The van der Waals surface area contributed by atoms with E-state index in [2.05, 4.69) is 15.0 Å². The zero-order valence-corrected chi connectivity index (χ0v) is 10.5. The van der Waals surface area contributed by atoms with Gasteiger partial charge in [0, 0.05) is 11.3 Å². The van der Waals surface area contributed by atoms with Crippen molar-refractivity contribution in [3.63, 3.8) is 0 Å². The van der Waals surface area contributed by atoms with E-state index in [4.69, 9.17) is 12.2 Å². The summed E-state index contributed by atoms with van der Waals surface area (Å²) < 4.78 is 0.327. The van der Waals surface area contributed by atoms with Crippen LogP contribution in [0.3, 0.4) is 0 Å². The minimum atomic E-state index is -0.169. The smallest absolute Gasteiger partial charge is 0.261 e. The predicted molar refractivity (Wildman–Crippen MR) is 74.3 cm³/mol. The summed E-state index contributed by atoms with van der Waals surface area (Å²) in [6, 6.07) is 9.82. The molecule has 0 unspecified atom stereocenters. The van der Waals surface area contributed by atoms with E-state index >= 15 is 0 Å². The van der Waals surface area contributed by atoms with Crippen LogP contribution in [0.4, 0.5) is 0 Å². The number of hydrogen-bond donors (Lipinski definition) is 3. The molecule has 0 bridgehead atoms. The molecule has 2 heterocycles. The van der Waals surface area contributed by atoms with Crippen molar-refractivity contribution in [2.75, 3.05) is 0 Å². The molecule has 0 atom stereocenters. The van der Waals surface area contributed by atoms with Crippen LogP contribution in [0.1, 0.15) is 5.69 Å². The Hall–Kier alpha value is -2.14. The first kappa shape index (κ1) is 11.0. The lowest BCUT2D eigenvalue weighted by molar-refractivity contribution is 1.12. The van der Waals surface area contributed by atoms with E-state index < -0.39 is 0 Å². The van der Waals surface area contributed by atoms with Gasteiger partial charge in [-0.3, -0.25) is 9.78 Å². The number of aromatic amines is 3. The Bertz CT molecular complexity index is 827. The van der Waals surface area contributed by atoms with Crippen molar-refractivity contribution in [2.45, 2.75) is 6.92 Å². The van der Waals surface area contributed by atoms with Crippen molar-refractivity contribution in [1.82, 2.24) is 15.0 Å². The van der Waals surface area contributed by atoms with E-state index in [1.807, 2.05) is 37.3 Å². The second-order valence-electron chi connectivity index (χ2n) is 4.15. The molecule has 0 saturated heterocycles. The number of fused-ring (bicyclic) bond motifs is 1. The molecule has 4 nitrogen and oxygen atoms in total. The average molecular weight is 257 g/mol. The zero-order chi connectivity index (χ0) is 12.7. The molecular formula is C13H11N3OS. The van der Waals surface area contributed by atoms with Gasteiger partial charge in [0.05, 0.1) is 5.39 Å². The Morgan fingerprint density at radius 2 is 1.78 bits per heavy atom. The Morgan fingerprint density at radius 1 is 1.06 bits per heavy atom. The van der Waals surface area contributed by atoms with E-state index in [0.717, 1.165) is 16.8 Å². The maximum Gasteiger partial charge on any atom is 0.261 e. The highest BCUT2D eigenvalue weighted by molar-refractivity contribution is 7.71. The maximum absolute atomic E-state index is 12.0. The Balaban J connectivity index is 2.47. The summed E-state index contributed by atoms with van der Waals surface area (Å²) in [7, 11) is 0. The third-order valence-corrected chi connectivity index (χ3v) is 3.15. The lowest BCUT2D eigenvalue weighted by Crippen LogP contribution is -2.07. The summed E-state index contributed by atoms with van der Waals surface area (Å²) in [5.74, 6) is 0. The molecule has 0 aliphatic rings. The Kier molecular flexibility index (Phi) is 2.41. The van der Waals surface area contributed by atoms with Crippen molar-refractivity contribution in [2.24, 2.45) is 0 Å². The van der Waals surface area contributed by atoms with Gasteiger partial charge < -0.3 is 9.97 Å². The molecule has 0 fully saturated rings. The highest BCUT2D eigenvalue weighted by Gasteiger charge is 2.13. The van der Waals surface area contributed by atoms with Gasteiger partial charge in [-0.05, 0) is 24.7 Å². The third kappa shape index (κ3) is 1.60. The van der Waals surface area contributed by atoms with Crippen LogP contribution >= 0.6 is 12.2 Å². The molecule has 0 amide bonds. The van der Waals surface area contributed by atoms with Crippen LogP contribution in [0.15, 0.2) is 35.1 Å². The standard InChI is InChI=1S/C13H11N3OS/c1-7-9(8-5-3-2-4-6-8)10-11(14-7)15-13(18)16-12(10)17/h2-6H,1H3,(H3,14,15,16,17,18). The van der Waals surface area contributed by atoms with Crippen molar-refractivity contribution in [3.8, 4) is 11.1 Å². The molecule has 0 spiro atoms. The van der Waals surface area contributed by atoms with Crippen LogP contribution in [0.25, 0.3) is 22.2 Å². The molecule has 0 saturated carbocycles. The SMILES string of the molecule is Cc1[nH]c2[nH]c(=S)[nH]c(=O)c2c1-c1ccccc1. The molecule has 3 aromatic rings. The number of rotatable bonds is 1. The van der Waals surface area contributed by atoms with Crippen LogP contribution in [0.5, 0.6) is 0 Å². The van der Waals surface area contributed by atoms with Gasteiger partial charge >= 0.3 is 0 Å². The van der Waals surface area contributed by atoms with E-state index in [0.29, 0.717) is 15.8 Å². The lowest BCUT2D eigenvalue weighted by atomic mass is 10.0. The van der Waals surface area contributed by atoms with Gasteiger partial charge in [-0.15, -0.1) is 0 Å². The fraction of sp³-hybridized carbons (Fsp3) is 0.0769.